The third kappa shape index (κ3) is 4.31. The summed E-state index contributed by atoms with van der Waals surface area (Å²) in [5.41, 5.74) is 1.85. The number of piperazine rings is 1. The van der Waals surface area contributed by atoms with Crippen LogP contribution in [0.4, 0.5) is 10.8 Å². The number of carbonyl (C=O) groups excluding carboxylic acids is 1. The van der Waals surface area contributed by atoms with E-state index in [0.29, 0.717) is 5.69 Å². The normalized spacial score (nSPS) is 14.6. The maximum Gasteiger partial charge on any atom is 0.273 e. The number of amides is 1. The number of unbranched alkanes of at least 4 members (excludes halogenated alkanes) is 1. The lowest BCUT2D eigenvalue weighted by Crippen LogP contribution is -2.46. The summed E-state index contributed by atoms with van der Waals surface area (Å²) < 4.78 is 0. The smallest absolute Gasteiger partial charge is 0.273 e. The van der Waals surface area contributed by atoms with Gasteiger partial charge in [0.2, 0.25) is 0 Å². The van der Waals surface area contributed by atoms with Gasteiger partial charge < -0.3 is 14.7 Å². The van der Waals surface area contributed by atoms with Crippen molar-refractivity contribution in [1.82, 2.24) is 9.88 Å². The van der Waals surface area contributed by atoms with Gasteiger partial charge in [0.05, 0.1) is 0 Å². The molecule has 2 aromatic rings. The van der Waals surface area contributed by atoms with E-state index in [9.17, 15) is 4.79 Å². The summed E-state index contributed by atoms with van der Waals surface area (Å²) in [4.78, 5) is 23.5. The number of anilines is 2. The fraction of sp³-hybridized carbons (Fsp3) is 0.474. The van der Waals surface area contributed by atoms with Gasteiger partial charge in [0.25, 0.3) is 5.91 Å². The molecule has 1 aromatic heterocycles. The molecule has 6 heteroatoms. The van der Waals surface area contributed by atoms with E-state index in [1.54, 1.807) is 16.2 Å². The first-order valence-corrected chi connectivity index (χ1v) is 9.83. The van der Waals surface area contributed by atoms with E-state index < -0.39 is 0 Å². The van der Waals surface area contributed by atoms with Gasteiger partial charge in [0.1, 0.15) is 5.69 Å². The molecule has 1 amide bonds. The van der Waals surface area contributed by atoms with Gasteiger partial charge in [-0.15, -0.1) is 11.3 Å². The molecular weight excluding hydrogens is 332 g/mol. The van der Waals surface area contributed by atoms with Gasteiger partial charge in [-0.2, -0.15) is 0 Å². The Bertz CT molecular complexity index is 680. The van der Waals surface area contributed by atoms with Gasteiger partial charge in [-0.3, -0.25) is 4.79 Å². The molecule has 0 aliphatic carbocycles. The van der Waals surface area contributed by atoms with Crippen LogP contribution >= 0.6 is 11.3 Å². The average Bonchev–Trinajstić information content (AvgIpc) is 3.16. The van der Waals surface area contributed by atoms with E-state index in [2.05, 4.69) is 46.0 Å². The summed E-state index contributed by atoms with van der Waals surface area (Å²) in [7, 11) is 1.86. The quantitative estimate of drug-likeness (QED) is 0.794. The summed E-state index contributed by atoms with van der Waals surface area (Å²) in [5, 5.41) is 2.85. The van der Waals surface area contributed by atoms with Crippen molar-refractivity contribution in [2.75, 3.05) is 49.6 Å². The zero-order valence-corrected chi connectivity index (χ0v) is 15.8. The minimum absolute atomic E-state index is 0.0267. The number of thiazole rings is 1. The third-order valence-corrected chi connectivity index (χ3v) is 5.48. The highest BCUT2D eigenvalue weighted by Crippen LogP contribution is 2.24. The molecule has 134 valence electrons. The molecule has 0 radical (unpaired) electrons. The van der Waals surface area contributed by atoms with Gasteiger partial charge in [-0.1, -0.05) is 31.5 Å². The van der Waals surface area contributed by atoms with E-state index in [1.165, 1.54) is 5.69 Å². The number of rotatable bonds is 6. The second-order valence-corrected chi connectivity index (χ2v) is 7.24. The van der Waals surface area contributed by atoms with E-state index in [0.717, 1.165) is 50.7 Å². The first-order chi connectivity index (χ1) is 12.2. The summed E-state index contributed by atoms with van der Waals surface area (Å²) in [6.45, 7) is 6.74. The molecule has 5 nitrogen and oxygen atoms in total. The minimum Gasteiger partial charge on any atom is -0.368 e. The van der Waals surface area contributed by atoms with Crippen LogP contribution in [-0.2, 0) is 0 Å². The Balaban J connectivity index is 1.57. The Hall–Kier alpha value is -2.08. The molecule has 1 fully saturated rings. The molecule has 25 heavy (non-hydrogen) atoms. The molecule has 1 saturated heterocycles. The lowest BCUT2D eigenvalue weighted by molar-refractivity contribution is 0.0788. The largest absolute Gasteiger partial charge is 0.368 e. The molecule has 0 spiro atoms. The fourth-order valence-corrected chi connectivity index (χ4v) is 3.85. The number of nitrogens with zero attached hydrogens (tertiary/aromatic N) is 4. The van der Waals surface area contributed by atoms with E-state index in [-0.39, 0.29) is 5.91 Å². The second kappa shape index (κ2) is 8.34. The van der Waals surface area contributed by atoms with Crippen molar-refractivity contribution < 1.29 is 4.79 Å². The number of hydrogen-bond acceptors (Lipinski definition) is 5. The molecule has 1 aliphatic rings. The molecule has 3 rings (SSSR count). The van der Waals surface area contributed by atoms with Crippen molar-refractivity contribution in [2.24, 2.45) is 0 Å². The number of para-hydroxylation sites is 1. The van der Waals surface area contributed by atoms with E-state index >= 15 is 0 Å². The summed E-state index contributed by atoms with van der Waals surface area (Å²) in [5.74, 6) is 0.0267. The summed E-state index contributed by atoms with van der Waals surface area (Å²) in [6, 6.07) is 10.5. The summed E-state index contributed by atoms with van der Waals surface area (Å²) >= 11 is 1.57. The maximum absolute atomic E-state index is 12.4. The van der Waals surface area contributed by atoms with Crippen LogP contribution in [0.5, 0.6) is 0 Å². The van der Waals surface area contributed by atoms with Crippen LogP contribution in [0.15, 0.2) is 35.7 Å². The van der Waals surface area contributed by atoms with E-state index in [4.69, 9.17) is 0 Å². The highest BCUT2D eigenvalue weighted by atomic mass is 32.1. The van der Waals surface area contributed by atoms with Gasteiger partial charge in [0.15, 0.2) is 5.13 Å². The number of hydrogen-bond donors (Lipinski definition) is 0. The Morgan fingerprint density at radius 1 is 1.16 bits per heavy atom. The average molecular weight is 359 g/mol. The number of aromatic nitrogens is 1. The first kappa shape index (κ1) is 17.7. The Morgan fingerprint density at radius 3 is 2.52 bits per heavy atom. The predicted molar refractivity (Wildman–Crippen MR) is 105 cm³/mol. The zero-order valence-electron chi connectivity index (χ0n) is 15.0. The molecule has 1 aliphatic heterocycles. The lowest BCUT2D eigenvalue weighted by Gasteiger charge is -2.36. The SMILES string of the molecule is CCCCN(C)C(=O)c1csc(N2CCN(c3ccccc3)CC2)n1. The van der Waals surface area contributed by atoms with Crippen LogP contribution in [-0.4, -0.2) is 55.6 Å². The molecule has 0 atom stereocenters. The van der Waals surface area contributed by atoms with Gasteiger partial charge in [-0.25, -0.2) is 4.98 Å². The van der Waals surface area contributed by atoms with Crippen LogP contribution < -0.4 is 9.80 Å². The van der Waals surface area contributed by atoms with Crippen molar-refractivity contribution in [1.29, 1.82) is 0 Å². The monoisotopic (exact) mass is 358 g/mol. The molecular formula is C19H26N4OS. The highest BCUT2D eigenvalue weighted by molar-refractivity contribution is 7.13. The highest BCUT2D eigenvalue weighted by Gasteiger charge is 2.22. The predicted octanol–water partition coefficient (Wildman–Crippen LogP) is 3.34. The van der Waals surface area contributed by atoms with Crippen molar-refractivity contribution in [3.05, 3.63) is 41.4 Å². The molecule has 0 saturated carbocycles. The van der Waals surface area contributed by atoms with Crippen molar-refractivity contribution >= 4 is 28.1 Å². The first-order valence-electron chi connectivity index (χ1n) is 8.95. The van der Waals surface area contributed by atoms with Crippen LogP contribution in [0.1, 0.15) is 30.3 Å². The molecule has 2 heterocycles. The van der Waals surface area contributed by atoms with Crippen LogP contribution in [0, 0.1) is 0 Å². The Kier molecular flexibility index (Phi) is 5.91. The third-order valence-electron chi connectivity index (χ3n) is 4.58. The van der Waals surface area contributed by atoms with Crippen molar-refractivity contribution in [3.8, 4) is 0 Å². The van der Waals surface area contributed by atoms with E-state index in [1.807, 2.05) is 18.5 Å². The fourth-order valence-electron chi connectivity index (χ4n) is 2.99. The lowest BCUT2D eigenvalue weighted by atomic mass is 10.2. The van der Waals surface area contributed by atoms with Crippen LogP contribution in [0.2, 0.25) is 0 Å². The van der Waals surface area contributed by atoms with Gasteiger partial charge in [-0.05, 0) is 18.6 Å². The standard InChI is InChI=1S/C19H26N4OS/c1-3-4-10-21(2)18(24)17-15-25-19(20-17)23-13-11-22(12-14-23)16-8-6-5-7-9-16/h5-9,15H,3-4,10-14H2,1-2H3. The van der Waals surface area contributed by atoms with Crippen LogP contribution in [0.3, 0.4) is 0 Å². The minimum atomic E-state index is 0.0267. The second-order valence-electron chi connectivity index (χ2n) is 6.41. The van der Waals surface area contributed by atoms with Crippen molar-refractivity contribution in [3.63, 3.8) is 0 Å². The van der Waals surface area contributed by atoms with Gasteiger partial charge in [0, 0.05) is 50.8 Å². The Labute approximate surface area is 153 Å². The van der Waals surface area contributed by atoms with Crippen LogP contribution in [0.25, 0.3) is 0 Å². The number of carbonyl (C=O) groups is 1. The van der Waals surface area contributed by atoms with Crippen molar-refractivity contribution in [2.45, 2.75) is 19.8 Å². The Morgan fingerprint density at radius 2 is 1.84 bits per heavy atom. The maximum atomic E-state index is 12.4. The topological polar surface area (TPSA) is 39.7 Å². The van der Waals surface area contributed by atoms with Gasteiger partial charge >= 0.3 is 0 Å². The zero-order chi connectivity index (χ0) is 17.6. The number of benzene rings is 1. The summed E-state index contributed by atoms with van der Waals surface area (Å²) in [6.07, 6.45) is 2.12. The molecule has 0 bridgehead atoms. The molecule has 0 unspecified atom stereocenters. The molecule has 1 aromatic carbocycles. The molecule has 0 N–H and O–H groups in total.